The summed E-state index contributed by atoms with van der Waals surface area (Å²) < 4.78 is 52.3. The number of rotatable bonds is 5. The van der Waals surface area contributed by atoms with Gasteiger partial charge in [0.05, 0.1) is 35.8 Å². The topological polar surface area (TPSA) is 84.9 Å². The Morgan fingerprint density at radius 2 is 1.97 bits per heavy atom. The van der Waals surface area contributed by atoms with E-state index < -0.39 is 21.7 Å². The molecule has 1 N–H and O–H groups in total. The van der Waals surface area contributed by atoms with Crippen LogP contribution < -0.4 is 10.1 Å². The molecule has 0 atom stereocenters. The summed E-state index contributed by atoms with van der Waals surface area (Å²) in [4.78, 5) is 13.1. The van der Waals surface area contributed by atoms with Gasteiger partial charge in [0, 0.05) is 23.2 Å². The van der Waals surface area contributed by atoms with Gasteiger partial charge < -0.3 is 14.8 Å². The van der Waals surface area contributed by atoms with Gasteiger partial charge in [-0.05, 0) is 36.4 Å². The molecule has 0 saturated carbocycles. The Kier molecular flexibility index (Phi) is 5.74. The second-order valence-electron chi connectivity index (χ2n) is 6.59. The number of nitrogens with zero attached hydrogens (tertiary/aromatic N) is 1. The largest absolute Gasteiger partial charge is 0.495 e. The highest BCUT2D eigenvalue weighted by Crippen LogP contribution is 2.32. The van der Waals surface area contributed by atoms with E-state index in [1.165, 1.54) is 41.7 Å². The number of methoxy groups -OCH3 is 1. The van der Waals surface area contributed by atoms with Crippen LogP contribution in [0.3, 0.4) is 0 Å². The highest BCUT2D eigenvalue weighted by atomic mass is 32.2. The van der Waals surface area contributed by atoms with E-state index in [1.807, 2.05) is 0 Å². The summed E-state index contributed by atoms with van der Waals surface area (Å²) in [5.74, 6) is -0.564. The third-order valence-electron chi connectivity index (χ3n) is 4.76. The summed E-state index contributed by atoms with van der Waals surface area (Å²) in [5.41, 5.74) is 0.217. The molecule has 158 valence electrons. The Balaban J connectivity index is 1.64. The van der Waals surface area contributed by atoms with Crippen LogP contribution in [0, 0.1) is 5.82 Å². The number of thiophene rings is 1. The van der Waals surface area contributed by atoms with Crippen LogP contribution in [0.5, 0.6) is 5.75 Å². The van der Waals surface area contributed by atoms with Crippen molar-refractivity contribution in [2.75, 3.05) is 38.7 Å². The minimum Gasteiger partial charge on any atom is -0.495 e. The first kappa shape index (κ1) is 20.7. The molecule has 30 heavy (non-hydrogen) atoms. The van der Waals surface area contributed by atoms with Gasteiger partial charge in [-0.25, -0.2) is 12.8 Å². The second kappa shape index (κ2) is 8.31. The zero-order valence-corrected chi connectivity index (χ0v) is 17.7. The van der Waals surface area contributed by atoms with E-state index in [0.717, 1.165) is 11.3 Å². The summed E-state index contributed by atoms with van der Waals surface area (Å²) in [6.45, 7) is 1.20. The zero-order valence-electron chi connectivity index (χ0n) is 16.1. The van der Waals surface area contributed by atoms with Crippen LogP contribution in [0.1, 0.15) is 9.67 Å². The van der Waals surface area contributed by atoms with Crippen LogP contribution in [-0.2, 0) is 14.8 Å². The van der Waals surface area contributed by atoms with Crippen molar-refractivity contribution in [3.05, 3.63) is 53.2 Å². The van der Waals surface area contributed by atoms with E-state index in [-0.39, 0.29) is 23.7 Å². The second-order valence-corrected chi connectivity index (χ2v) is 9.62. The number of nitrogens with one attached hydrogen (secondary N) is 1. The van der Waals surface area contributed by atoms with Crippen molar-refractivity contribution in [3.63, 3.8) is 0 Å². The van der Waals surface area contributed by atoms with Gasteiger partial charge in [0.2, 0.25) is 10.0 Å². The number of carbonyl (C=O) groups excluding carboxylic acids is 1. The van der Waals surface area contributed by atoms with Crippen LogP contribution in [0.2, 0.25) is 0 Å². The average Bonchev–Trinajstić information content (AvgIpc) is 3.20. The maximum absolute atomic E-state index is 13.9. The van der Waals surface area contributed by atoms with Crippen molar-refractivity contribution >= 4 is 43.0 Å². The van der Waals surface area contributed by atoms with E-state index in [0.29, 0.717) is 33.9 Å². The molecule has 1 saturated heterocycles. The summed E-state index contributed by atoms with van der Waals surface area (Å²) in [6, 6.07) is 10.4. The minimum atomic E-state index is -3.74. The highest BCUT2D eigenvalue weighted by molar-refractivity contribution is 7.89. The summed E-state index contributed by atoms with van der Waals surface area (Å²) >= 11 is 1.15. The lowest BCUT2D eigenvalue weighted by atomic mass is 10.2. The minimum absolute atomic E-state index is 0.0443. The molecule has 1 amide bonds. The van der Waals surface area contributed by atoms with Crippen LogP contribution in [-0.4, -0.2) is 52.0 Å². The summed E-state index contributed by atoms with van der Waals surface area (Å²) in [6.07, 6.45) is 0. The standard InChI is InChI=1S/C20H19FN2O5S2/c1-27-17-6-5-13(30(25,26)23-7-9-28-10-8-23)11-16(17)22-20(24)19-12-14-15(21)3-2-4-18(14)29-19/h2-6,11-12H,7-10H2,1H3,(H,22,24). The Labute approximate surface area is 177 Å². The number of halogens is 1. The van der Waals surface area contributed by atoms with E-state index in [1.54, 1.807) is 12.1 Å². The Morgan fingerprint density at radius 3 is 2.67 bits per heavy atom. The number of ether oxygens (including phenoxy) is 2. The monoisotopic (exact) mass is 450 g/mol. The molecular formula is C20H19FN2O5S2. The van der Waals surface area contributed by atoms with E-state index in [4.69, 9.17) is 9.47 Å². The molecule has 0 unspecified atom stereocenters. The van der Waals surface area contributed by atoms with E-state index >= 15 is 0 Å². The fourth-order valence-corrected chi connectivity index (χ4v) is 5.61. The first-order valence-corrected chi connectivity index (χ1v) is 11.4. The van der Waals surface area contributed by atoms with Gasteiger partial charge in [-0.2, -0.15) is 4.31 Å². The Bertz CT molecular complexity index is 1200. The third-order valence-corrected chi connectivity index (χ3v) is 7.75. The molecule has 2 heterocycles. The first-order valence-electron chi connectivity index (χ1n) is 9.15. The van der Waals surface area contributed by atoms with Crippen molar-refractivity contribution in [1.29, 1.82) is 0 Å². The van der Waals surface area contributed by atoms with Crippen molar-refractivity contribution in [1.82, 2.24) is 4.31 Å². The predicted octanol–water partition coefficient (Wildman–Crippen LogP) is 3.32. The molecule has 7 nitrogen and oxygen atoms in total. The molecule has 1 fully saturated rings. The van der Waals surface area contributed by atoms with Gasteiger partial charge in [0.15, 0.2) is 0 Å². The van der Waals surface area contributed by atoms with Crippen LogP contribution in [0.4, 0.5) is 10.1 Å². The number of sulfonamides is 1. The van der Waals surface area contributed by atoms with E-state index in [9.17, 15) is 17.6 Å². The molecule has 1 aliphatic rings. The Hall–Kier alpha value is -2.53. The number of morpholine rings is 1. The predicted molar refractivity (Wildman–Crippen MR) is 112 cm³/mol. The zero-order chi connectivity index (χ0) is 21.3. The fraction of sp³-hybridized carbons (Fsp3) is 0.250. The number of hydrogen-bond donors (Lipinski definition) is 1. The maximum atomic E-state index is 13.9. The van der Waals surface area contributed by atoms with Gasteiger partial charge >= 0.3 is 0 Å². The molecule has 10 heteroatoms. The number of carbonyl (C=O) groups is 1. The number of anilines is 1. The molecule has 2 aromatic carbocycles. The van der Waals surface area contributed by atoms with Gasteiger partial charge in [0.25, 0.3) is 5.91 Å². The molecule has 1 aliphatic heterocycles. The third kappa shape index (κ3) is 3.91. The SMILES string of the molecule is COc1ccc(S(=O)(=O)N2CCOCC2)cc1NC(=O)c1cc2c(F)cccc2s1. The molecule has 0 radical (unpaired) electrons. The number of benzene rings is 2. The molecule has 1 aromatic heterocycles. The van der Waals surface area contributed by atoms with Crippen LogP contribution >= 0.6 is 11.3 Å². The average molecular weight is 451 g/mol. The van der Waals surface area contributed by atoms with Gasteiger partial charge in [-0.1, -0.05) is 6.07 Å². The fourth-order valence-electron chi connectivity index (χ4n) is 3.20. The maximum Gasteiger partial charge on any atom is 0.265 e. The lowest BCUT2D eigenvalue weighted by Crippen LogP contribution is -2.40. The van der Waals surface area contributed by atoms with Crippen molar-refractivity contribution in [3.8, 4) is 5.75 Å². The lowest BCUT2D eigenvalue weighted by Gasteiger charge is -2.26. The van der Waals surface area contributed by atoms with Crippen molar-refractivity contribution in [2.45, 2.75) is 4.90 Å². The van der Waals surface area contributed by atoms with Gasteiger partial charge in [-0.15, -0.1) is 11.3 Å². The summed E-state index contributed by atoms with van der Waals surface area (Å²) in [7, 11) is -2.31. The van der Waals surface area contributed by atoms with Crippen LogP contribution in [0.15, 0.2) is 47.4 Å². The van der Waals surface area contributed by atoms with E-state index in [2.05, 4.69) is 5.32 Å². The molecule has 0 bridgehead atoms. The van der Waals surface area contributed by atoms with Gasteiger partial charge in [-0.3, -0.25) is 4.79 Å². The molecule has 0 aliphatic carbocycles. The molecule has 4 rings (SSSR count). The molecular weight excluding hydrogens is 431 g/mol. The normalized spacial score (nSPS) is 15.3. The first-order chi connectivity index (χ1) is 14.4. The smallest absolute Gasteiger partial charge is 0.265 e. The highest BCUT2D eigenvalue weighted by Gasteiger charge is 2.27. The number of fused-ring (bicyclic) bond motifs is 1. The molecule has 3 aromatic rings. The van der Waals surface area contributed by atoms with Crippen LogP contribution in [0.25, 0.3) is 10.1 Å². The van der Waals surface area contributed by atoms with Gasteiger partial charge in [0.1, 0.15) is 11.6 Å². The lowest BCUT2D eigenvalue weighted by molar-refractivity contribution is 0.0730. The number of hydrogen-bond acceptors (Lipinski definition) is 6. The molecule has 0 spiro atoms. The number of amides is 1. The Morgan fingerprint density at radius 1 is 1.20 bits per heavy atom. The quantitative estimate of drug-likeness (QED) is 0.645. The van der Waals surface area contributed by atoms with Crippen molar-refractivity contribution < 1.29 is 27.1 Å². The summed E-state index contributed by atoms with van der Waals surface area (Å²) in [5, 5.41) is 3.05. The van der Waals surface area contributed by atoms with Crippen molar-refractivity contribution in [2.24, 2.45) is 0 Å².